The van der Waals surface area contributed by atoms with Crippen LogP contribution in [-0.2, 0) is 14.8 Å². The van der Waals surface area contributed by atoms with Gasteiger partial charge in [0.1, 0.15) is 0 Å². The topological polar surface area (TPSA) is 75.6 Å². The van der Waals surface area contributed by atoms with E-state index in [0.29, 0.717) is 45.2 Å². The fourth-order valence-corrected chi connectivity index (χ4v) is 4.95. The molecule has 7 nitrogen and oxygen atoms in total. The average molecular weight is 340 g/mol. The first-order valence-electron chi connectivity index (χ1n) is 8.10. The van der Waals surface area contributed by atoms with Gasteiger partial charge in [0, 0.05) is 38.1 Å². The number of nitrogens with zero attached hydrogens (tertiary/aromatic N) is 4. The van der Waals surface area contributed by atoms with E-state index in [1.165, 1.54) is 0 Å². The number of anilines is 1. The van der Waals surface area contributed by atoms with Gasteiger partial charge in [0.25, 0.3) is 0 Å². The lowest BCUT2D eigenvalue weighted by Gasteiger charge is -2.36. The Hall–Kier alpha value is -1.25. The van der Waals surface area contributed by atoms with Crippen molar-refractivity contribution in [3.05, 3.63) is 17.5 Å². The summed E-state index contributed by atoms with van der Waals surface area (Å²) < 4.78 is 32.5. The molecule has 2 saturated heterocycles. The van der Waals surface area contributed by atoms with Gasteiger partial charge in [-0.1, -0.05) is 0 Å². The maximum Gasteiger partial charge on any atom is 0.225 e. The molecule has 2 fully saturated rings. The summed E-state index contributed by atoms with van der Waals surface area (Å²) in [4.78, 5) is 10.9. The van der Waals surface area contributed by atoms with Gasteiger partial charge in [-0.05, 0) is 32.3 Å². The van der Waals surface area contributed by atoms with Gasteiger partial charge in [0.2, 0.25) is 16.0 Å². The van der Waals surface area contributed by atoms with E-state index in [9.17, 15) is 8.42 Å². The second-order valence-electron chi connectivity index (χ2n) is 6.21. The van der Waals surface area contributed by atoms with Crippen LogP contribution in [0.1, 0.15) is 24.1 Å². The largest absolute Gasteiger partial charge is 0.379 e. The molecular formula is C15H24N4O3S. The fourth-order valence-electron chi connectivity index (χ4n) is 3.04. The molecule has 8 heteroatoms. The van der Waals surface area contributed by atoms with Crippen molar-refractivity contribution in [2.45, 2.75) is 31.9 Å². The second-order valence-corrected chi connectivity index (χ2v) is 8.42. The smallest absolute Gasteiger partial charge is 0.225 e. The predicted octanol–water partition coefficient (Wildman–Crippen LogP) is 0.724. The number of ether oxygens (including phenoxy) is 1. The highest BCUT2D eigenvalue weighted by Gasteiger charge is 2.36. The van der Waals surface area contributed by atoms with Crippen molar-refractivity contribution < 1.29 is 13.2 Å². The van der Waals surface area contributed by atoms with Crippen LogP contribution in [0, 0.1) is 13.8 Å². The third kappa shape index (κ3) is 3.49. The zero-order chi connectivity index (χ0) is 16.4. The van der Waals surface area contributed by atoms with E-state index in [1.807, 2.05) is 18.7 Å². The van der Waals surface area contributed by atoms with Crippen LogP contribution in [0.2, 0.25) is 0 Å². The van der Waals surface area contributed by atoms with Gasteiger partial charge in [-0.15, -0.1) is 0 Å². The van der Waals surface area contributed by atoms with Gasteiger partial charge in [0.15, 0.2) is 0 Å². The molecule has 0 unspecified atom stereocenters. The molecule has 128 valence electrons. The first-order chi connectivity index (χ1) is 11.0. The molecule has 3 rings (SSSR count). The summed E-state index contributed by atoms with van der Waals surface area (Å²) >= 11 is 0. The van der Waals surface area contributed by atoms with Crippen LogP contribution >= 0.6 is 0 Å². The Labute approximate surface area is 137 Å². The summed E-state index contributed by atoms with van der Waals surface area (Å²) in [5.41, 5.74) is 1.98. The minimum atomic E-state index is -3.29. The summed E-state index contributed by atoms with van der Waals surface area (Å²) in [6.07, 6.45) is 3.34. The van der Waals surface area contributed by atoms with Crippen LogP contribution in [0.3, 0.4) is 0 Å². The lowest BCUT2D eigenvalue weighted by atomic mass is 10.1. The second kappa shape index (κ2) is 6.70. The van der Waals surface area contributed by atoms with Gasteiger partial charge < -0.3 is 9.64 Å². The maximum absolute atomic E-state index is 12.8. The Balaban J connectivity index is 1.76. The Morgan fingerprint density at radius 3 is 2.65 bits per heavy atom. The van der Waals surface area contributed by atoms with Crippen molar-refractivity contribution in [3.8, 4) is 0 Å². The molecule has 23 heavy (non-hydrogen) atoms. The molecule has 1 atom stereocenters. The predicted molar refractivity (Wildman–Crippen MR) is 88.1 cm³/mol. The van der Waals surface area contributed by atoms with Crippen LogP contribution < -0.4 is 4.90 Å². The standard InChI is InChI=1S/C15H24N4O3S/c1-12-10-16-15(17-13(12)2)18-5-3-4-14(11-18)23(20,21)19-6-8-22-9-7-19/h10,14H,3-9,11H2,1-2H3/t14-/m1/s1. The number of morpholine rings is 1. The van der Waals surface area contributed by atoms with Crippen LogP contribution in [-0.4, -0.2) is 67.3 Å². The van der Waals surface area contributed by atoms with Crippen molar-refractivity contribution >= 4 is 16.0 Å². The van der Waals surface area contributed by atoms with E-state index in [4.69, 9.17) is 4.74 Å². The quantitative estimate of drug-likeness (QED) is 0.807. The Kier molecular flexibility index (Phi) is 4.84. The van der Waals surface area contributed by atoms with Gasteiger partial charge in [0.05, 0.1) is 18.5 Å². The maximum atomic E-state index is 12.8. The first-order valence-corrected chi connectivity index (χ1v) is 9.60. The van der Waals surface area contributed by atoms with E-state index in [-0.39, 0.29) is 5.25 Å². The number of aromatic nitrogens is 2. The SMILES string of the molecule is Cc1cnc(N2CCC[C@@H](S(=O)(=O)N3CCOCC3)C2)nc1C. The average Bonchev–Trinajstić information content (AvgIpc) is 2.58. The molecule has 1 aromatic heterocycles. The molecular weight excluding hydrogens is 316 g/mol. The number of hydrogen-bond donors (Lipinski definition) is 0. The minimum Gasteiger partial charge on any atom is -0.379 e. The van der Waals surface area contributed by atoms with Gasteiger partial charge in [-0.3, -0.25) is 0 Å². The summed E-state index contributed by atoms with van der Waals surface area (Å²) in [5.74, 6) is 0.634. The van der Waals surface area contributed by atoms with Crippen molar-refractivity contribution in [1.82, 2.24) is 14.3 Å². The van der Waals surface area contributed by atoms with Gasteiger partial charge >= 0.3 is 0 Å². The van der Waals surface area contributed by atoms with E-state index >= 15 is 0 Å². The molecule has 1 aromatic rings. The molecule has 0 bridgehead atoms. The van der Waals surface area contributed by atoms with E-state index in [0.717, 1.165) is 24.2 Å². The number of piperidine rings is 1. The highest BCUT2D eigenvalue weighted by atomic mass is 32.2. The van der Waals surface area contributed by atoms with Crippen LogP contribution in [0.5, 0.6) is 0 Å². The summed E-state index contributed by atoms with van der Waals surface area (Å²) in [6.45, 7) is 7.07. The van der Waals surface area contributed by atoms with Crippen molar-refractivity contribution in [2.24, 2.45) is 0 Å². The Morgan fingerprint density at radius 2 is 1.96 bits per heavy atom. The van der Waals surface area contributed by atoms with E-state index in [2.05, 4.69) is 9.97 Å². The lowest BCUT2D eigenvalue weighted by molar-refractivity contribution is 0.0725. The lowest BCUT2D eigenvalue weighted by Crippen LogP contribution is -2.51. The Bertz CT molecular complexity index is 659. The highest BCUT2D eigenvalue weighted by Crippen LogP contribution is 2.24. The third-order valence-electron chi connectivity index (χ3n) is 4.62. The fraction of sp³-hybridized carbons (Fsp3) is 0.733. The summed E-state index contributed by atoms with van der Waals surface area (Å²) in [5, 5.41) is -0.389. The van der Waals surface area contributed by atoms with Crippen molar-refractivity contribution in [3.63, 3.8) is 0 Å². The normalized spacial score (nSPS) is 23.9. The molecule has 0 amide bonds. The van der Waals surface area contributed by atoms with Crippen LogP contribution in [0.25, 0.3) is 0 Å². The van der Waals surface area contributed by atoms with Crippen molar-refractivity contribution in [2.75, 3.05) is 44.3 Å². The van der Waals surface area contributed by atoms with Crippen LogP contribution in [0.4, 0.5) is 5.95 Å². The highest BCUT2D eigenvalue weighted by molar-refractivity contribution is 7.89. The molecule has 0 aliphatic carbocycles. The molecule has 2 aliphatic heterocycles. The zero-order valence-electron chi connectivity index (χ0n) is 13.7. The number of aryl methyl sites for hydroxylation is 2. The Morgan fingerprint density at radius 1 is 1.22 bits per heavy atom. The molecule has 0 N–H and O–H groups in total. The third-order valence-corrected chi connectivity index (χ3v) is 6.94. The minimum absolute atomic E-state index is 0.389. The number of rotatable bonds is 3. The summed E-state index contributed by atoms with van der Waals surface area (Å²) in [7, 11) is -3.29. The molecule has 3 heterocycles. The van der Waals surface area contributed by atoms with E-state index < -0.39 is 10.0 Å². The molecule has 0 aromatic carbocycles. The van der Waals surface area contributed by atoms with Crippen molar-refractivity contribution in [1.29, 1.82) is 0 Å². The first kappa shape index (κ1) is 16.6. The van der Waals surface area contributed by atoms with Crippen LogP contribution in [0.15, 0.2) is 6.20 Å². The zero-order valence-corrected chi connectivity index (χ0v) is 14.5. The molecule has 2 aliphatic rings. The van der Waals surface area contributed by atoms with Gasteiger partial charge in [-0.25, -0.2) is 18.4 Å². The monoisotopic (exact) mass is 340 g/mol. The van der Waals surface area contributed by atoms with Gasteiger partial charge in [-0.2, -0.15) is 4.31 Å². The molecule has 0 radical (unpaired) electrons. The number of hydrogen-bond acceptors (Lipinski definition) is 6. The molecule has 0 spiro atoms. The number of sulfonamides is 1. The molecule has 0 saturated carbocycles. The summed E-state index contributed by atoms with van der Waals surface area (Å²) in [6, 6.07) is 0. The van der Waals surface area contributed by atoms with E-state index in [1.54, 1.807) is 10.5 Å².